The lowest BCUT2D eigenvalue weighted by Gasteiger charge is -2.13. The van der Waals surface area contributed by atoms with Crippen LogP contribution in [0.3, 0.4) is 0 Å². The third kappa shape index (κ3) is 1.28. The third-order valence-electron chi connectivity index (χ3n) is 3.70. The lowest BCUT2D eigenvalue weighted by molar-refractivity contribution is 0.160. The molecule has 0 aromatic rings. The first-order valence-corrected chi connectivity index (χ1v) is 5.21. The average Bonchev–Trinajstić information content (AvgIpc) is 2.86. The van der Waals surface area contributed by atoms with Crippen LogP contribution in [0.25, 0.3) is 0 Å². The summed E-state index contributed by atoms with van der Waals surface area (Å²) in [6.45, 7) is 0.454. The largest absolute Gasteiger partial charge is 0.465 e. The number of allylic oxidation sites excluding steroid dienone is 3. The fourth-order valence-electron chi connectivity index (χ4n) is 2.87. The summed E-state index contributed by atoms with van der Waals surface area (Å²) in [6.07, 6.45) is 3.79. The fourth-order valence-corrected chi connectivity index (χ4v) is 2.87. The zero-order chi connectivity index (χ0) is 10.6. The molecule has 1 fully saturated rings. The summed E-state index contributed by atoms with van der Waals surface area (Å²) in [7, 11) is 0. The van der Waals surface area contributed by atoms with Crippen LogP contribution < -0.4 is 0 Å². The van der Waals surface area contributed by atoms with Crippen molar-refractivity contribution >= 4 is 6.09 Å². The topological polar surface area (TPSA) is 40.5 Å². The van der Waals surface area contributed by atoms with Gasteiger partial charge in [0.25, 0.3) is 0 Å². The minimum atomic E-state index is -0.930. The van der Waals surface area contributed by atoms with Crippen LogP contribution >= 0.6 is 0 Å². The molecule has 15 heavy (non-hydrogen) atoms. The van der Waals surface area contributed by atoms with Crippen molar-refractivity contribution in [3.8, 4) is 0 Å². The second-order valence-corrected chi connectivity index (χ2v) is 4.57. The Bertz CT molecular complexity index is 388. The maximum atomic E-state index is 13.5. The molecule has 0 aromatic carbocycles. The van der Waals surface area contributed by atoms with Crippen LogP contribution in [0.5, 0.6) is 0 Å². The molecule has 3 rings (SSSR count). The van der Waals surface area contributed by atoms with E-state index in [0.29, 0.717) is 18.9 Å². The van der Waals surface area contributed by atoms with Crippen LogP contribution in [0, 0.1) is 17.8 Å². The first kappa shape index (κ1) is 8.95. The second-order valence-electron chi connectivity index (χ2n) is 4.57. The van der Waals surface area contributed by atoms with Crippen molar-refractivity contribution in [3.05, 3.63) is 23.7 Å². The van der Waals surface area contributed by atoms with Gasteiger partial charge in [-0.15, -0.1) is 0 Å². The van der Waals surface area contributed by atoms with Crippen LogP contribution in [0.1, 0.15) is 12.8 Å². The summed E-state index contributed by atoms with van der Waals surface area (Å²) in [5.41, 5.74) is 1.04. The minimum Gasteiger partial charge on any atom is -0.465 e. The number of carboxylic acid groups (broad SMARTS) is 1. The van der Waals surface area contributed by atoms with Gasteiger partial charge in [0.2, 0.25) is 0 Å². The molecule has 1 amide bonds. The highest BCUT2D eigenvalue weighted by Crippen LogP contribution is 2.57. The Morgan fingerprint density at radius 1 is 1.53 bits per heavy atom. The van der Waals surface area contributed by atoms with Gasteiger partial charge in [0, 0.05) is 18.7 Å². The summed E-state index contributed by atoms with van der Waals surface area (Å²) in [4.78, 5) is 12.2. The summed E-state index contributed by atoms with van der Waals surface area (Å²) >= 11 is 0. The van der Waals surface area contributed by atoms with Gasteiger partial charge in [-0.25, -0.2) is 9.18 Å². The number of fused-ring (bicyclic) bond motifs is 2. The van der Waals surface area contributed by atoms with Crippen LogP contribution in [-0.4, -0.2) is 22.6 Å². The predicted octanol–water partition coefficient (Wildman–Crippen LogP) is 2.37. The molecule has 3 atom stereocenters. The van der Waals surface area contributed by atoms with E-state index in [9.17, 15) is 9.18 Å². The van der Waals surface area contributed by atoms with Gasteiger partial charge < -0.3 is 5.11 Å². The summed E-state index contributed by atoms with van der Waals surface area (Å²) in [6, 6.07) is 0. The molecule has 3 nitrogen and oxygen atoms in total. The first-order valence-electron chi connectivity index (χ1n) is 5.21. The monoisotopic (exact) mass is 209 g/mol. The molecule has 1 heterocycles. The van der Waals surface area contributed by atoms with E-state index in [1.807, 2.05) is 0 Å². The molecule has 0 aromatic heterocycles. The molecule has 0 radical (unpaired) electrons. The SMILES string of the molecule is O=C(O)N1C=C2CC=C(F)C3C(C1)[C@H]3C2. The van der Waals surface area contributed by atoms with E-state index in [4.69, 9.17) is 5.11 Å². The zero-order valence-electron chi connectivity index (χ0n) is 8.19. The quantitative estimate of drug-likeness (QED) is 0.665. The maximum Gasteiger partial charge on any atom is 0.411 e. The van der Waals surface area contributed by atoms with Crippen molar-refractivity contribution < 1.29 is 14.3 Å². The number of amides is 1. The molecule has 0 spiro atoms. The third-order valence-corrected chi connectivity index (χ3v) is 3.70. The van der Waals surface area contributed by atoms with Crippen LogP contribution in [0.2, 0.25) is 0 Å². The van der Waals surface area contributed by atoms with Gasteiger partial charge in [-0.1, -0.05) is 0 Å². The zero-order valence-corrected chi connectivity index (χ0v) is 8.19. The van der Waals surface area contributed by atoms with E-state index in [1.165, 1.54) is 4.90 Å². The number of rotatable bonds is 0. The molecule has 1 aliphatic heterocycles. The Hall–Kier alpha value is -1.32. The fraction of sp³-hybridized carbons (Fsp3) is 0.545. The Morgan fingerprint density at radius 3 is 3.07 bits per heavy atom. The Balaban J connectivity index is 1.95. The van der Waals surface area contributed by atoms with Gasteiger partial charge in [0.05, 0.1) is 5.83 Å². The Morgan fingerprint density at radius 2 is 2.33 bits per heavy atom. The van der Waals surface area contributed by atoms with Gasteiger partial charge in [0.1, 0.15) is 0 Å². The highest BCUT2D eigenvalue weighted by molar-refractivity contribution is 5.67. The van der Waals surface area contributed by atoms with Crippen molar-refractivity contribution in [1.29, 1.82) is 0 Å². The number of nitrogens with zero attached hydrogens (tertiary/aromatic N) is 1. The van der Waals surface area contributed by atoms with Crippen LogP contribution in [0.4, 0.5) is 9.18 Å². The molecule has 2 unspecified atom stereocenters. The lowest BCUT2D eigenvalue weighted by atomic mass is 10.1. The van der Waals surface area contributed by atoms with Gasteiger partial charge in [-0.2, -0.15) is 0 Å². The van der Waals surface area contributed by atoms with Crippen LogP contribution in [-0.2, 0) is 0 Å². The van der Waals surface area contributed by atoms with Gasteiger partial charge in [0.15, 0.2) is 0 Å². The molecule has 4 heteroatoms. The minimum absolute atomic E-state index is 0.00181. The molecule has 0 saturated heterocycles. The number of hydrogen-bond donors (Lipinski definition) is 1. The Labute approximate surface area is 86.9 Å². The maximum absolute atomic E-state index is 13.5. The normalized spacial score (nSPS) is 37.4. The van der Waals surface area contributed by atoms with E-state index >= 15 is 0 Å². The second kappa shape index (κ2) is 2.84. The highest BCUT2D eigenvalue weighted by atomic mass is 19.1. The van der Waals surface area contributed by atoms with Crippen molar-refractivity contribution in [1.82, 2.24) is 4.90 Å². The summed E-state index contributed by atoms with van der Waals surface area (Å²) < 4.78 is 13.5. The van der Waals surface area contributed by atoms with E-state index in [1.54, 1.807) is 12.3 Å². The van der Waals surface area contributed by atoms with Gasteiger partial charge in [-0.3, -0.25) is 4.90 Å². The summed E-state index contributed by atoms with van der Waals surface area (Å²) in [5.74, 6) is 0.518. The summed E-state index contributed by atoms with van der Waals surface area (Å²) in [5, 5.41) is 8.96. The van der Waals surface area contributed by atoms with E-state index in [2.05, 4.69) is 0 Å². The van der Waals surface area contributed by atoms with E-state index in [0.717, 1.165) is 12.0 Å². The molecule has 3 aliphatic rings. The number of hydrogen-bond acceptors (Lipinski definition) is 1. The standard InChI is InChI=1S/C11H12FNO2/c12-9-2-1-6-3-7-8(10(7)9)5-13(4-6)11(14)15/h2,4,7-8,10H,1,3,5H2,(H,14,15)/t7-,8?,10?/m1/s1. The van der Waals surface area contributed by atoms with Crippen molar-refractivity contribution in [2.45, 2.75) is 12.8 Å². The number of carbonyl (C=O) groups is 1. The molecule has 2 bridgehead atoms. The molecular formula is C11H12FNO2. The van der Waals surface area contributed by atoms with Gasteiger partial charge >= 0.3 is 6.09 Å². The lowest BCUT2D eigenvalue weighted by Crippen LogP contribution is -2.26. The molecule has 1 N–H and O–H groups in total. The van der Waals surface area contributed by atoms with E-state index < -0.39 is 6.09 Å². The van der Waals surface area contributed by atoms with Crippen molar-refractivity contribution in [3.63, 3.8) is 0 Å². The molecule has 80 valence electrons. The van der Waals surface area contributed by atoms with Crippen molar-refractivity contribution in [2.75, 3.05) is 6.54 Å². The van der Waals surface area contributed by atoms with Gasteiger partial charge in [-0.05, 0) is 36.3 Å². The smallest absolute Gasteiger partial charge is 0.411 e. The van der Waals surface area contributed by atoms with E-state index in [-0.39, 0.29) is 17.7 Å². The van der Waals surface area contributed by atoms with Crippen LogP contribution in [0.15, 0.2) is 23.7 Å². The molecular weight excluding hydrogens is 197 g/mol. The first-order chi connectivity index (χ1) is 7.16. The molecule has 2 aliphatic carbocycles. The highest BCUT2D eigenvalue weighted by Gasteiger charge is 2.55. The number of halogens is 1. The molecule has 1 saturated carbocycles. The van der Waals surface area contributed by atoms with Crippen molar-refractivity contribution in [2.24, 2.45) is 17.8 Å². The average molecular weight is 209 g/mol. The Kier molecular flexibility index (Phi) is 1.69. The predicted molar refractivity (Wildman–Crippen MR) is 51.7 cm³/mol.